The molecule has 3 heteroatoms. The van der Waals surface area contributed by atoms with Crippen molar-refractivity contribution in [3.63, 3.8) is 0 Å². The Bertz CT molecular complexity index is 612. The van der Waals surface area contributed by atoms with E-state index in [2.05, 4.69) is 0 Å². The van der Waals surface area contributed by atoms with Gasteiger partial charge in [-0.25, -0.2) is 8.78 Å². The van der Waals surface area contributed by atoms with E-state index in [1.54, 1.807) is 19.1 Å². The van der Waals surface area contributed by atoms with E-state index in [1.807, 2.05) is 6.07 Å². The van der Waals surface area contributed by atoms with Gasteiger partial charge in [0.2, 0.25) is 0 Å². The van der Waals surface area contributed by atoms with E-state index in [0.29, 0.717) is 16.7 Å². The van der Waals surface area contributed by atoms with Crippen molar-refractivity contribution in [3.8, 4) is 17.2 Å². The maximum Gasteiger partial charge on any atom is 0.141 e. The number of hydrogen-bond acceptors (Lipinski definition) is 1. The Balaban J connectivity index is 2.65. The minimum absolute atomic E-state index is 0.0153. The van der Waals surface area contributed by atoms with Crippen molar-refractivity contribution in [3.05, 3.63) is 59.2 Å². The largest absolute Gasteiger partial charge is 0.207 e. The molecule has 1 nitrogen and oxygen atoms in total. The molecule has 0 amide bonds. The zero-order valence-electron chi connectivity index (χ0n) is 9.17. The molecule has 0 aliphatic rings. The molecule has 0 atom stereocenters. The summed E-state index contributed by atoms with van der Waals surface area (Å²) in [5.74, 6) is -0.879. The molecule has 0 radical (unpaired) electrons. The number of rotatable bonds is 1. The summed E-state index contributed by atoms with van der Waals surface area (Å²) < 4.78 is 26.6. The summed E-state index contributed by atoms with van der Waals surface area (Å²) in [7, 11) is 0. The summed E-state index contributed by atoms with van der Waals surface area (Å²) in [5, 5.41) is 8.92. The van der Waals surface area contributed by atoms with Crippen molar-refractivity contribution in [2.45, 2.75) is 6.92 Å². The maximum absolute atomic E-state index is 13.4. The molecule has 0 unspecified atom stereocenters. The molecule has 2 aromatic rings. The minimum atomic E-state index is -0.563. The predicted octanol–water partition coefficient (Wildman–Crippen LogP) is 3.81. The van der Waals surface area contributed by atoms with Crippen LogP contribution >= 0.6 is 0 Å². The first-order valence-corrected chi connectivity index (χ1v) is 5.08. The Labute approximate surface area is 97.9 Å². The number of nitrogens with zero attached hydrogens (tertiary/aromatic N) is 1. The van der Waals surface area contributed by atoms with E-state index in [-0.39, 0.29) is 11.4 Å². The zero-order valence-corrected chi connectivity index (χ0v) is 9.17. The smallest absolute Gasteiger partial charge is 0.141 e. The molecule has 84 valence electrons. The van der Waals surface area contributed by atoms with Crippen LogP contribution in [0.4, 0.5) is 8.78 Å². The molecule has 0 heterocycles. The van der Waals surface area contributed by atoms with Crippen LogP contribution < -0.4 is 0 Å². The highest BCUT2D eigenvalue weighted by atomic mass is 19.1. The lowest BCUT2D eigenvalue weighted by molar-refractivity contribution is 0.618. The van der Waals surface area contributed by atoms with Crippen molar-refractivity contribution in [1.82, 2.24) is 0 Å². The maximum atomic E-state index is 13.4. The monoisotopic (exact) mass is 229 g/mol. The number of halogens is 2. The standard InChI is InChI=1S/C14H9F2N/c1-9-7-10(5-6-13(9)15)11-3-2-4-14(16)12(11)8-17/h2-7H,1H3. The van der Waals surface area contributed by atoms with Crippen LogP contribution in [0.15, 0.2) is 36.4 Å². The first-order valence-electron chi connectivity index (χ1n) is 5.08. The van der Waals surface area contributed by atoms with Crippen molar-refractivity contribution in [2.24, 2.45) is 0 Å². The fourth-order valence-electron chi connectivity index (χ4n) is 1.69. The van der Waals surface area contributed by atoms with Crippen LogP contribution in [0.3, 0.4) is 0 Å². The molecule has 0 bridgehead atoms. The van der Waals surface area contributed by atoms with Gasteiger partial charge in [0.25, 0.3) is 0 Å². The third-order valence-electron chi connectivity index (χ3n) is 2.59. The normalized spacial score (nSPS) is 10.0. The number of benzene rings is 2. The van der Waals surface area contributed by atoms with Crippen LogP contribution in [0.2, 0.25) is 0 Å². The van der Waals surface area contributed by atoms with Gasteiger partial charge in [-0.1, -0.05) is 18.2 Å². The Kier molecular flexibility index (Phi) is 2.88. The van der Waals surface area contributed by atoms with Crippen LogP contribution in [-0.4, -0.2) is 0 Å². The van der Waals surface area contributed by atoms with Gasteiger partial charge in [-0.05, 0) is 36.2 Å². The van der Waals surface area contributed by atoms with Crippen LogP contribution in [0.1, 0.15) is 11.1 Å². The molecular formula is C14H9F2N. The van der Waals surface area contributed by atoms with Gasteiger partial charge in [-0.2, -0.15) is 5.26 Å². The summed E-state index contributed by atoms with van der Waals surface area (Å²) in [6.07, 6.45) is 0. The fraction of sp³-hybridized carbons (Fsp3) is 0.0714. The van der Waals surface area contributed by atoms with Crippen molar-refractivity contribution in [1.29, 1.82) is 5.26 Å². The SMILES string of the molecule is Cc1cc(-c2cccc(F)c2C#N)ccc1F. The number of aryl methyl sites for hydroxylation is 1. The average molecular weight is 229 g/mol. The fourth-order valence-corrected chi connectivity index (χ4v) is 1.69. The van der Waals surface area contributed by atoms with Gasteiger partial charge in [0, 0.05) is 5.56 Å². The van der Waals surface area contributed by atoms with Crippen molar-refractivity contribution < 1.29 is 8.78 Å². The van der Waals surface area contributed by atoms with E-state index < -0.39 is 5.82 Å². The summed E-state index contributed by atoms with van der Waals surface area (Å²) >= 11 is 0. The minimum Gasteiger partial charge on any atom is -0.207 e. The van der Waals surface area contributed by atoms with Crippen LogP contribution in [0.5, 0.6) is 0 Å². The molecule has 2 rings (SSSR count). The Hall–Kier alpha value is -2.21. The van der Waals surface area contributed by atoms with E-state index in [4.69, 9.17) is 5.26 Å². The second kappa shape index (κ2) is 4.34. The third-order valence-corrected chi connectivity index (χ3v) is 2.59. The number of nitriles is 1. The van der Waals surface area contributed by atoms with E-state index >= 15 is 0 Å². The Morgan fingerprint density at radius 2 is 1.82 bits per heavy atom. The molecule has 0 spiro atoms. The third kappa shape index (κ3) is 2.02. The molecule has 0 N–H and O–H groups in total. The second-order valence-electron chi connectivity index (χ2n) is 3.74. The molecular weight excluding hydrogens is 220 g/mol. The second-order valence-corrected chi connectivity index (χ2v) is 3.74. The predicted molar refractivity (Wildman–Crippen MR) is 61.2 cm³/mol. The average Bonchev–Trinajstić information content (AvgIpc) is 2.32. The summed E-state index contributed by atoms with van der Waals surface area (Å²) in [5.41, 5.74) is 1.57. The quantitative estimate of drug-likeness (QED) is 0.729. The van der Waals surface area contributed by atoms with Gasteiger partial charge in [0.15, 0.2) is 0 Å². The van der Waals surface area contributed by atoms with Gasteiger partial charge in [0.1, 0.15) is 17.7 Å². The molecule has 0 fully saturated rings. The Morgan fingerprint density at radius 3 is 2.47 bits per heavy atom. The van der Waals surface area contributed by atoms with E-state index in [9.17, 15) is 8.78 Å². The highest BCUT2D eigenvalue weighted by molar-refractivity contribution is 5.71. The lowest BCUT2D eigenvalue weighted by Crippen LogP contribution is -1.90. The van der Waals surface area contributed by atoms with Gasteiger partial charge in [-0.15, -0.1) is 0 Å². The Morgan fingerprint density at radius 1 is 1.06 bits per heavy atom. The van der Waals surface area contributed by atoms with Crippen molar-refractivity contribution >= 4 is 0 Å². The molecule has 17 heavy (non-hydrogen) atoms. The van der Waals surface area contributed by atoms with Gasteiger partial charge < -0.3 is 0 Å². The molecule has 0 saturated carbocycles. The number of hydrogen-bond donors (Lipinski definition) is 0. The zero-order chi connectivity index (χ0) is 12.4. The summed E-state index contributed by atoms with van der Waals surface area (Å²) in [6, 6.07) is 10.7. The van der Waals surface area contributed by atoms with E-state index in [1.165, 1.54) is 24.3 Å². The first kappa shape index (κ1) is 11.3. The van der Waals surface area contributed by atoms with E-state index in [0.717, 1.165) is 0 Å². The highest BCUT2D eigenvalue weighted by Gasteiger charge is 2.10. The molecule has 2 aromatic carbocycles. The molecule has 0 aromatic heterocycles. The summed E-state index contributed by atoms with van der Waals surface area (Å²) in [4.78, 5) is 0. The van der Waals surface area contributed by atoms with Crippen LogP contribution in [0.25, 0.3) is 11.1 Å². The molecule has 0 aliphatic carbocycles. The summed E-state index contributed by atoms with van der Waals surface area (Å²) in [6.45, 7) is 1.63. The lowest BCUT2D eigenvalue weighted by Gasteiger charge is -2.06. The van der Waals surface area contributed by atoms with Crippen LogP contribution in [-0.2, 0) is 0 Å². The van der Waals surface area contributed by atoms with Gasteiger partial charge >= 0.3 is 0 Å². The molecule has 0 aliphatic heterocycles. The van der Waals surface area contributed by atoms with Crippen molar-refractivity contribution in [2.75, 3.05) is 0 Å². The lowest BCUT2D eigenvalue weighted by atomic mass is 9.98. The molecule has 0 saturated heterocycles. The first-order chi connectivity index (χ1) is 8.13. The topological polar surface area (TPSA) is 23.8 Å². The van der Waals surface area contributed by atoms with Crippen LogP contribution in [0, 0.1) is 29.9 Å². The van der Waals surface area contributed by atoms with Gasteiger partial charge in [-0.3, -0.25) is 0 Å². The van der Waals surface area contributed by atoms with Gasteiger partial charge in [0.05, 0.1) is 5.56 Å². The highest BCUT2D eigenvalue weighted by Crippen LogP contribution is 2.26.